The number of carboxylic acids is 1. The van der Waals surface area contributed by atoms with Crippen LogP contribution in [0, 0.1) is 33.5 Å². The molecular weight excluding hydrogens is 488 g/mol. The number of ketones is 2. The van der Waals surface area contributed by atoms with Gasteiger partial charge in [-0.25, -0.2) is 0 Å². The summed E-state index contributed by atoms with van der Waals surface area (Å²) in [5, 5.41) is 54.7. The minimum absolute atomic E-state index is 0.000885. The monoisotopic (exact) mass is 532 g/mol. The second-order valence-corrected chi connectivity index (χ2v) is 14.0. The van der Waals surface area contributed by atoms with Crippen molar-refractivity contribution >= 4 is 17.5 Å². The van der Waals surface area contributed by atoms with Gasteiger partial charge in [-0.15, -0.1) is 0 Å². The third kappa shape index (κ3) is 3.81. The summed E-state index contributed by atoms with van der Waals surface area (Å²) >= 11 is 0. The minimum Gasteiger partial charge on any atom is -0.481 e. The number of carboxylic acid groups (broad SMARTS) is 1. The van der Waals surface area contributed by atoms with E-state index in [0.717, 1.165) is 0 Å². The van der Waals surface area contributed by atoms with Crippen LogP contribution in [0.1, 0.15) is 87.0 Å². The summed E-state index contributed by atoms with van der Waals surface area (Å²) < 4.78 is 0. The zero-order chi connectivity index (χ0) is 28.8. The fraction of sp³-hybridized carbons (Fsp3) is 0.767. The largest absolute Gasteiger partial charge is 0.481 e. The molecule has 38 heavy (non-hydrogen) atoms. The van der Waals surface area contributed by atoms with E-state index in [0.29, 0.717) is 36.0 Å². The quantitative estimate of drug-likeness (QED) is 0.327. The molecular formula is C30H44O8. The Bertz CT molecular complexity index is 1130. The van der Waals surface area contributed by atoms with E-state index in [9.17, 15) is 39.9 Å². The third-order valence-electron chi connectivity index (χ3n) is 11.2. The highest BCUT2D eigenvalue weighted by molar-refractivity contribution is 6.00. The van der Waals surface area contributed by atoms with E-state index in [2.05, 4.69) is 0 Å². The normalized spacial score (nSPS) is 42.4. The number of fused-ring (bicyclic) bond motifs is 4. The molecule has 4 aliphatic carbocycles. The van der Waals surface area contributed by atoms with Gasteiger partial charge in [-0.3, -0.25) is 14.4 Å². The molecule has 0 amide bonds. The zero-order valence-corrected chi connectivity index (χ0v) is 23.7. The van der Waals surface area contributed by atoms with Gasteiger partial charge >= 0.3 is 5.97 Å². The van der Waals surface area contributed by atoms with Crippen LogP contribution in [0.25, 0.3) is 0 Å². The highest BCUT2D eigenvalue weighted by atomic mass is 16.4. The molecule has 5 N–H and O–H groups in total. The van der Waals surface area contributed by atoms with Gasteiger partial charge in [0.15, 0.2) is 5.78 Å². The van der Waals surface area contributed by atoms with Crippen molar-refractivity contribution in [1.82, 2.24) is 0 Å². The first kappa shape index (κ1) is 29.1. The van der Waals surface area contributed by atoms with Crippen molar-refractivity contribution in [2.45, 2.75) is 111 Å². The van der Waals surface area contributed by atoms with Crippen molar-refractivity contribution < 1.29 is 39.9 Å². The molecule has 4 aliphatic rings. The van der Waals surface area contributed by atoms with Gasteiger partial charge < -0.3 is 25.5 Å². The minimum atomic E-state index is -1.72. The number of hydrogen-bond donors (Lipinski definition) is 5. The molecule has 0 aromatic carbocycles. The van der Waals surface area contributed by atoms with Crippen LogP contribution in [-0.4, -0.2) is 67.0 Å². The molecule has 0 spiro atoms. The van der Waals surface area contributed by atoms with Crippen molar-refractivity contribution in [3.63, 3.8) is 0 Å². The van der Waals surface area contributed by atoms with Gasteiger partial charge in [0.1, 0.15) is 5.78 Å². The predicted octanol–water partition coefficient (Wildman–Crippen LogP) is 2.96. The Balaban J connectivity index is 1.79. The van der Waals surface area contributed by atoms with Crippen LogP contribution in [0.4, 0.5) is 0 Å². The number of carbonyl (C=O) groups excluding carboxylic acids is 2. The maximum absolute atomic E-state index is 14.1. The number of allylic oxidation sites excluding steroid dienone is 1. The van der Waals surface area contributed by atoms with Crippen LogP contribution in [0.3, 0.4) is 0 Å². The van der Waals surface area contributed by atoms with E-state index in [1.165, 1.54) is 19.9 Å². The molecule has 8 heteroatoms. The van der Waals surface area contributed by atoms with Crippen LogP contribution in [0.5, 0.6) is 0 Å². The Morgan fingerprint density at radius 1 is 1.13 bits per heavy atom. The first-order chi connectivity index (χ1) is 17.2. The molecule has 0 radical (unpaired) electrons. The molecule has 9 unspecified atom stereocenters. The summed E-state index contributed by atoms with van der Waals surface area (Å²) in [6.07, 6.45) is -0.232. The number of Topliss-reactive ketones (excluding diaryl/α,β-unsaturated/α-hetero) is 2. The number of aliphatic hydroxyl groups excluding tert-OH is 3. The molecule has 212 valence electrons. The third-order valence-corrected chi connectivity index (χ3v) is 11.2. The van der Waals surface area contributed by atoms with Crippen LogP contribution >= 0.6 is 0 Å². The Labute approximate surface area is 224 Å². The number of aliphatic hydroxyl groups is 4. The van der Waals surface area contributed by atoms with Crippen molar-refractivity contribution in [3.05, 3.63) is 22.8 Å². The molecule has 0 aliphatic heterocycles. The van der Waals surface area contributed by atoms with Crippen LogP contribution in [0.15, 0.2) is 22.8 Å². The molecule has 8 nitrogen and oxygen atoms in total. The van der Waals surface area contributed by atoms with Gasteiger partial charge in [-0.2, -0.15) is 0 Å². The second-order valence-electron chi connectivity index (χ2n) is 14.0. The maximum atomic E-state index is 14.1. The molecule has 4 rings (SSSR count). The Morgan fingerprint density at radius 3 is 2.32 bits per heavy atom. The van der Waals surface area contributed by atoms with Gasteiger partial charge in [0.2, 0.25) is 0 Å². The first-order valence-corrected chi connectivity index (χ1v) is 13.8. The summed E-state index contributed by atoms with van der Waals surface area (Å²) in [6, 6.07) is 0. The predicted molar refractivity (Wildman–Crippen MR) is 140 cm³/mol. The molecule has 0 saturated heterocycles. The van der Waals surface area contributed by atoms with Crippen molar-refractivity contribution in [3.8, 4) is 0 Å². The lowest BCUT2D eigenvalue weighted by atomic mass is 9.42. The highest BCUT2D eigenvalue weighted by Gasteiger charge is 2.69. The lowest BCUT2D eigenvalue weighted by molar-refractivity contribution is -0.143. The van der Waals surface area contributed by atoms with E-state index < -0.39 is 63.2 Å². The van der Waals surface area contributed by atoms with Crippen LogP contribution in [0.2, 0.25) is 0 Å². The molecule has 1 fully saturated rings. The van der Waals surface area contributed by atoms with E-state index >= 15 is 0 Å². The SMILES string of the molecule is CC(CC(=O)CC(C)(O)C1=CC(O)C2(C)C3=C(C(=O)CC12C)C1(C)CCC(O)C(C)(C)C1CC3O)C(=O)O. The highest BCUT2D eigenvalue weighted by Crippen LogP contribution is 2.70. The molecule has 0 bridgehead atoms. The first-order valence-electron chi connectivity index (χ1n) is 13.8. The number of carbonyl (C=O) groups is 3. The van der Waals surface area contributed by atoms with Gasteiger partial charge in [-0.1, -0.05) is 47.6 Å². The van der Waals surface area contributed by atoms with Crippen molar-refractivity contribution in [2.24, 2.45) is 33.5 Å². The lowest BCUT2D eigenvalue weighted by Gasteiger charge is -2.62. The average molecular weight is 533 g/mol. The smallest absolute Gasteiger partial charge is 0.306 e. The van der Waals surface area contributed by atoms with Crippen molar-refractivity contribution in [1.29, 1.82) is 0 Å². The van der Waals surface area contributed by atoms with Gasteiger partial charge in [0, 0.05) is 35.7 Å². The fourth-order valence-corrected chi connectivity index (χ4v) is 8.80. The Kier molecular flexibility index (Phi) is 6.76. The summed E-state index contributed by atoms with van der Waals surface area (Å²) in [4.78, 5) is 38.0. The molecule has 0 aromatic rings. The van der Waals surface area contributed by atoms with E-state index in [1.807, 2.05) is 34.6 Å². The zero-order valence-electron chi connectivity index (χ0n) is 23.7. The van der Waals surface area contributed by atoms with Gasteiger partial charge in [-0.05, 0) is 54.1 Å². The van der Waals surface area contributed by atoms with Crippen LogP contribution < -0.4 is 0 Å². The molecule has 9 atom stereocenters. The summed E-state index contributed by atoms with van der Waals surface area (Å²) in [7, 11) is 0. The molecule has 1 saturated carbocycles. The molecule has 0 heterocycles. The summed E-state index contributed by atoms with van der Waals surface area (Å²) in [5.74, 6) is -2.68. The molecule has 0 aromatic heterocycles. The summed E-state index contributed by atoms with van der Waals surface area (Å²) in [5.41, 5.74) is -3.53. The summed E-state index contributed by atoms with van der Waals surface area (Å²) in [6.45, 7) is 12.6. The Hall–Kier alpha value is -1.87. The standard InChI is InChI=1S/C30H44O8/c1-15(25(36)37)10-16(31)13-29(6,38)20-12-22(35)30(7)24-17(32)11-19-26(2,3)21(34)8-9-27(19,4)23(24)18(33)14-28(20,30)5/h12,15,17,19,21-22,32,34-35,38H,8-11,13-14H2,1-7H3,(H,36,37). The number of aliphatic carboxylic acids is 1. The van der Waals surface area contributed by atoms with E-state index in [1.54, 1.807) is 0 Å². The second kappa shape index (κ2) is 8.82. The fourth-order valence-electron chi connectivity index (χ4n) is 8.80. The van der Waals surface area contributed by atoms with E-state index in [4.69, 9.17) is 0 Å². The van der Waals surface area contributed by atoms with Crippen molar-refractivity contribution in [2.75, 3.05) is 0 Å². The van der Waals surface area contributed by atoms with Gasteiger partial charge in [0.25, 0.3) is 0 Å². The maximum Gasteiger partial charge on any atom is 0.306 e. The number of rotatable bonds is 6. The topological polar surface area (TPSA) is 152 Å². The average Bonchev–Trinajstić information content (AvgIpc) is 2.99. The Morgan fingerprint density at radius 2 is 1.74 bits per heavy atom. The van der Waals surface area contributed by atoms with E-state index in [-0.39, 0.29) is 31.0 Å². The van der Waals surface area contributed by atoms with Crippen LogP contribution in [-0.2, 0) is 14.4 Å². The number of hydrogen-bond acceptors (Lipinski definition) is 7. The van der Waals surface area contributed by atoms with Gasteiger partial charge in [0.05, 0.1) is 29.8 Å². The lowest BCUT2D eigenvalue weighted by Crippen LogP contribution is -2.61.